The first-order valence-corrected chi connectivity index (χ1v) is 6.58. The van der Waals surface area contributed by atoms with E-state index in [1.165, 1.54) is 0 Å². The summed E-state index contributed by atoms with van der Waals surface area (Å²) in [5.41, 5.74) is 4.06. The monoisotopic (exact) mass is 278 g/mol. The molecule has 4 N–H and O–H groups in total. The number of carbonyl (C=O) groups excluding carboxylic acids is 2. The van der Waals surface area contributed by atoms with Crippen molar-refractivity contribution < 1.29 is 9.59 Å². The van der Waals surface area contributed by atoms with Gasteiger partial charge in [0.05, 0.1) is 13.0 Å². The molecule has 0 heterocycles. The molecular formula is C14H22N4O2. The van der Waals surface area contributed by atoms with E-state index in [2.05, 4.69) is 10.7 Å². The molecule has 0 radical (unpaired) electrons. The lowest BCUT2D eigenvalue weighted by Gasteiger charge is -2.18. The van der Waals surface area contributed by atoms with E-state index in [9.17, 15) is 9.59 Å². The molecule has 20 heavy (non-hydrogen) atoms. The highest BCUT2D eigenvalue weighted by atomic mass is 16.2. The minimum atomic E-state index is -0.233. The molecule has 0 fully saturated rings. The summed E-state index contributed by atoms with van der Waals surface area (Å²) >= 11 is 0. The third-order valence-corrected chi connectivity index (χ3v) is 2.86. The van der Waals surface area contributed by atoms with Crippen molar-refractivity contribution in [3.05, 3.63) is 35.4 Å². The van der Waals surface area contributed by atoms with Gasteiger partial charge in [-0.1, -0.05) is 24.3 Å². The second-order valence-corrected chi connectivity index (χ2v) is 4.64. The average Bonchev–Trinajstić information content (AvgIpc) is 2.40. The van der Waals surface area contributed by atoms with Crippen LogP contribution < -0.4 is 16.6 Å². The fourth-order valence-corrected chi connectivity index (χ4v) is 1.95. The van der Waals surface area contributed by atoms with Gasteiger partial charge in [-0.05, 0) is 25.1 Å². The van der Waals surface area contributed by atoms with E-state index in [0.717, 1.165) is 11.1 Å². The SMILES string of the molecule is CCNC(=O)CN(C)Cc1ccccc1CC(=O)NN. The van der Waals surface area contributed by atoms with E-state index in [1.807, 2.05) is 43.1 Å². The number of benzene rings is 1. The zero-order chi connectivity index (χ0) is 15.0. The smallest absolute Gasteiger partial charge is 0.238 e. The van der Waals surface area contributed by atoms with Crippen LogP contribution in [0.5, 0.6) is 0 Å². The number of nitrogens with two attached hydrogens (primary N) is 1. The summed E-state index contributed by atoms with van der Waals surface area (Å²) in [6.07, 6.45) is 0.238. The second-order valence-electron chi connectivity index (χ2n) is 4.64. The lowest BCUT2D eigenvalue weighted by molar-refractivity contribution is -0.122. The third-order valence-electron chi connectivity index (χ3n) is 2.86. The maximum Gasteiger partial charge on any atom is 0.238 e. The molecule has 0 spiro atoms. The molecule has 2 amide bonds. The number of nitrogens with zero attached hydrogens (tertiary/aromatic N) is 1. The number of amides is 2. The van der Waals surface area contributed by atoms with Crippen LogP contribution in [-0.2, 0) is 22.6 Å². The number of hydrogen-bond donors (Lipinski definition) is 3. The Bertz CT molecular complexity index is 462. The maximum atomic E-state index is 11.5. The minimum Gasteiger partial charge on any atom is -0.355 e. The Morgan fingerprint density at radius 3 is 2.45 bits per heavy atom. The van der Waals surface area contributed by atoms with Crippen LogP contribution in [0.25, 0.3) is 0 Å². The molecule has 0 aliphatic rings. The zero-order valence-corrected chi connectivity index (χ0v) is 12.0. The van der Waals surface area contributed by atoms with Crippen molar-refractivity contribution in [2.24, 2.45) is 5.84 Å². The summed E-state index contributed by atoms with van der Waals surface area (Å²) in [4.78, 5) is 24.8. The van der Waals surface area contributed by atoms with Crippen LogP contribution in [0.2, 0.25) is 0 Å². The van der Waals surface area contributed by atoms with Crippen molar-refractivity contribution in [2.75, 3.05) is 20.1 Å². The van der Waals surface area contributed by atoms with E-state index < -0.39 is 0 Å². The fourth-order valence-electron chi connectivity index (χ4n) is 1.95. The first-order chi connectivity index (χ1) is 9.56. The Balaban J connectivity index is 2.66. The molecule has 1 rings (SSSR count). The van der Waals surface area contributed by atoms with E-state index in [0.29, 0.717) is 19.6 Å². The molecule has 0 saturated heterocycles. The summed E-state index contributed by atoms with van der Waals surface area (Å²) in [6, 6.07) is 7.64. The van der Waals surface area contributed by atoms with Crippen molar-refractivity contribution in [3.63, 3.8) is 0 Å². The number of hydrazine groups is 1. The topological polar surface area (TPSA) is 87.5 Å². The Hall–Kier alpha value is -1.92. The summed E-state index contributed by atoms with van der Waals surface area (Å²) in [7, 11) is 1.87. The molecule has 6 heteroatoms. The number of carbonyl (C=O) groups is 2. The lowest BCUT2D eigenvalue weighted by Crippen LogP contribution is -2.35. The quantitative estimate of drug-likeness (QED) is 0.366. The Labute approximate surface area is 119 Å². The normalized spacial score (nSPS) is 10.4. The molecule has 0 bridgehead atoms. The second kappa shape index (κ2) is 8.29. The van der Waals surface area contributed by atoms with Crippen LogP contribution in [0.1, 0.15) is 18.1 Å². The van der Waals surface area contributed by atoms with Crippen molar-refractivity contribution in [2.45, 2.75) is 19.9 Å². The Kier molecular flexibility index (Phi) is 6.69. The van der Waals surface area contributed by atoms with Gasteiger partial charge >= 0.3 is 0 Å². The molecule has 0 saturated carbocycles. The Morgan fingerprint density at radius 2 is 1.85 bits per heavy atom. The first kappa shape index (κ1) is 16.1. The van der Waals surface area contributed by atoms with Crippen molar-refractivity contribution in [1.82, 2.24) is 15.6 Å². The van der Waals surface area contributed by atoms with Gasteiger partial charge < -0.3 is 5.32 Å². The molecule has 0 aromatic heterocycles. The van der Waals surface area contributed by atoms with E-state index in [4.69, 9.17) is 5.84 Å². The van der Waals surface area contributed by atoms with Gasteiger partial charge in [-0.3, -0.25) is 19.9 Å². The van der Waals surface area contributed by atoms with Gasteiger partial charge in [0.25, 0.3) is 0 Å². The highest BCUT2D eigenvalue weighted by molar-refractivity contribution is 5.78. The number of likely N-dealkylation sites (N-methyl/N-ethyl adjacent to an activating group) is 2. The largest absolute Gasteiger partial charge is 0.355 e. The van der Waals surface area contributed by atoms with Crippen LogP contribution >= 0.6 is 0 Å². The van der Waals surface area contributed by atoms with E-state index in [-0.39, 0.29) is 18.2 Å². The van der Waals surface area contributed by atoms with Crippen molar-refractivity contribution >= 4 is 11.8 Å². The molecule has 0 atom stereocenters. The molecule has 0 aliphatic carbocycles. The predicted molar refractivity (Wildman–Crippen MR) is 77.5 cm³/mol. The van der Waals surface area contributed by atoms with Crippen LogP contribution in [0.3, 0.4) is 0 Å². The van der Waals surface area contributed by atoms with Crippen molar-refractivity contribution in [1.29, 1.82) is 0 Å². The van der Waals surface area contributed by atoms with Crippen molar-refractivity contribution in [3.8, 4) is 0 Å². The summed E-state index contributed by atoms with van der Waals surface area (Å²) in [5.74, 6) is 4.87. The molecular weight excluding hydrogens is 256 g/mol. The van der Waals surface area contributed by atoms with Gasteiger partial charge in [-0.25, -0.2) is 5.84 Å². The number of hydrogen-bond acceptors (Lipinski definition) is 4. The fraction of sp³-hybridized carbons (Fsp3) is 0.429. The molecule has 1 aromatic carbocycles. The first-order valence-electron chi connectivity index (χ1n) is 6.58. The molecule has 110 valence electrons. The van der Waals surface area contributed by atoms with Gasteiger partial charge in [0, 0.05) is 13.1 Å². The van der Waals surface area contributed by atoms with Gasteiger partial charge in [-0.15, -0.1) is 0 Å². The number of rotatable bonds is 7. The molecule has 0 aliphatic heterocycles. The zero-order valence-electron chi connectivity index (χ0n) is 12.0. The Morgan fingerprint density at radius 1 is 1.20 bits per heavy atom. The highest BCUT2D eigenvalue weighted by Crippen LogP contribution is 2.11. The van der Waals surface area contributed by atoms with Gasteiger partial charge in [0.1, 0.15) is 0 Å². The van der Waals surface area contributed by atoms with E-state index in [1.54, 1.807) is 0 Å². The summed E-state index contributed by atoms with van der Waals surface area (Å²) in [6.45, 7) is 3.44. The lowest BCUT2D eigenvalue weighted by atomic mass is 10.0. The van der Waals surface area contributed by atoms with Crippen LogP contribution in [0.15, 0.2) is 24.3 Å². The van der Waals surface area contributed by atoms with Crippen LogP contribution in [0.4, 0.5) is 0 Å². The van der Waals surface area contributed by atoms with Gasteiger partial charge in [0.15, 0.2) is 0 Å². The van der Waals surface area contributed by atoms with Gasteiger partial charge in [-0.2, -0.15) is 0 Å². The highest BCUT2D eigenvalue weighted by Gasteiger charge is 2.10. The average molecular weight is 278 g/mol. The predicted octanol–water partition coefficient (Wildman–Crippen LogP) is -0.213. The molecule has 0 unspecified atom stereocenters. The van der Waals surface area contributed by atoms with E-state index >= 15 is 0 Å². The van der Waals surface area contributed by atoms with Crippen LogP contribution in [0, 0.1) is 0 Å². The van der Waals surface area contributed by atoms with Gasteiger partial charge in [0.2, 0.25) is 11.8 Å². The standard InChI is InChI=1S/C14H22N4O2/c1-3-16-14(20)10-18(2)9-12-7-5-4-6-11(12)8-13(19)17-15/h4-7H,3,8-10,15H2,1-2H3,(H,16,20)(H,17,19). The minimum absolute atomic E-state index is 0.00724. The number of nitrogens with one attached hydrogen (secondary N) is 2. The third kappa shape index (κ3) is 5.38. The van der Waals surface area contributed by atoms with Crippen LogP contribution in [-0.4, -0.2) is 36.9 Å². The maximum absolute atomic E-state index is 11.5. The summed E-state index contributed by atoms with van der Waals surface area (Å²) < 4.78 is 0. The summed E-state index contributed by atoms with van der Waals surface area (Å²) in [5, 5.41) is 2.76. The molecule has 6 nitrogen and oxygen atoms in total. The molecule has 1 aromatic rings.